The Kier molecular flexibility index (Phi) is 6.16. The fourth-order valence-electron chi connectivity index (χ4n) is 2.94. The minimum Gasteiger partial charge on any atom is -0.496 e. The number of benzene rings is 3. The topological polar surface area (TPSA) is 123 Å². The lowest BCUT2D eigenvalue weighted by atomic mass is 10.1. The molecule has 0 atom stereocenters. The highest BCUT2D eigenvalue weighted by atomic mass is 32.2. The Balaban J connectivity index is 1.46. The third-order valence-corrected chi connectivity index (χ3v) is 5.86. The molecular weight excluding hydrogens is 451 g/mol. The zero-order chi connectivity index (χ0) is 23.4. The Hall–Kier alpha value is -4.09. The Morgan fingerprint density at radius 3 is 2.33 bits per heavy atom. The van der Waals surface area contributed by atoms with Crippen molar-refractivity contribution in [2.24, 2.45) is 0 Å². The molecule has 33 heavy (non-hydrogen) atoms. The number of hydrazine groups is 1. The number of carbonyl (C=O) groups is 1. The number of nitrogens with zero attached hydrogens (tertiary/aromatic N) is 2. The van der Waals surface area contributed by atoms with Crippen molar-refractivity contribution in [3.8, 4) is 28.7 Å². The quantitative estimate of drug-likeness (QED) is 0.399. The van der Waals surface area contributed by atoms with E-state index in [2.05, 4.69) is 15.6 Å². The number of sulfonamides is 1. The lowest BCUT2D eigenvalue weighted by molar-refractivity contribution is 0.0945. The van der Waals surface area contributed by atoms with Gasteiger partial charge in [0.15, 0.2) is 0 Å². The van der Waals surface area contributed by atoms with Crippen molar-refractivity contribution < 1.29 is 26.8 Å². The second kappa shape index (κ2) is 9.18. The van der Waals surface area contributed by atoms with Crippen LogP contribution in [0.4, 0.5) is 4.39 Å². The standard InChI is InChI=1S/C22H17FN4O5S/c1-31-18-8-4-2-6-16(18)22-26-25-21(32-22)15-12-10-14(11-13-15)20(28)24-27-33(29,30)19-9-5-3-7-17(19)23/h2-13,27H,1H3,(H,24,28). The van der Waals surface area contributed by atoms with Crippen LogP contribution in [-0.4, -0.2) is 31.6 Å². The molecule has 0 spiro atoms. The molecule has 1 aromatic heterocycles. The fourth-order valence-corrected chi connectivity index (χ4v) is 3.86. The normalized spacial score (nSPS) is 11.2. The summed E-state index contributed by atoms with van der Waals surface area (Å²) in [5, 5.41) is 8.06. The molecule has 0 unspecified atom stereocenters. The van der Waals surface area contributed by atoms with E-state index in [1.807, 2.05) is 17.0 Å². The first-order chi connectivity index (χ1) is 15.9. The second-order valence-electron chi connectivity index (χ2n) is 6.68. The molecule has 0 saturated heterocycles. The van der Waals surface area contributed by atoms with Gasteiger partial charge in [-0.25, -0.2) is 12.8 Å². The molecule has 3 aromatic carbocycles. The second-order valence-corrected chi connectivity index (χ2v) is 8.33. The van der Waals surface area contributed by atoms with Crippen LogP contribution in [0.5, 0.6) is 5.75 Å². The van der Waals surface area contributed by atoms with Gasteiger partial charge in [-0.1, -0.05) is 24.3 Å². The fraction of sp³-hybridized carbons (Fsp3) is 0.0455. The van der Waals surface area contributed by atoms with Crippen LogP contribution in [0.3, 0.4) is 0 Å². The first-order valence-corrected chi connectivity index (χ1v) is 11.0. The third-order valence-electron chi connectivity index (χ3n) is 4.58. The number of methoxy groups -OCH3 is 1. The van der Waals surface area contributed by atoms with Crippen molar-refractivity contribution in [1.29, 1.82) is 0 Å². The molecule has 0 bridgehead atoms. The van der Waals surface area contributed by atoms with E-state index in [-0.39, 0.29) is 17.3 Å². The van der Waals surface area contributed by atoms with Gasteiger partial charge in [0.2, 0.25) is 5.89 Å². The summed E-state index contributed by atoms with van der Waals surface area (Å²) in [7, 11) is -2.74. The van der Waals surface area contributed by atoms with Gasteiger partial charge < -0.3 is 9.15 Å². The van der Waals surface area contributed by atoms with Crippen molar-refractivity contribution in [3.63, 3.8) is 0 Å². The molecule has 4 aromatic rings. The average molecular weight is 468 g/mol. The SMILES string of the molecule is COc1ccccc1-c1nnc(-c2ccc(C(=O)NNS(=O)(=O)c3ccccc3F)cc2)o1. The van der Waals surface area contributed by atoms with Crippen molar-refractivity contribution >= 4 is 15.9 Å². The molecule has 0 saturated carbocycles. The van der Waals surface area contributed by atoms with Gasteiger partial charge in [0.25, 0.3) is 21.8 Å². The maximum absolute atomic E-state index is 13.7. The van der Waals surface area contributed by atoms with Gasteiger partial charge in [-0.15, -0.1) is 15.0 Å². The summed E-state index contributed by atoms with van der Waals surface area (Å²) < 4.78 is 49.1. The van der Waals surface area contributed by atoms with Crippen LogP contribution in [0.15, 0.2) is 82.1 Å². The first kappa shape index (κ1) is 22.1. The highest BCUT2D eigenvalue weighted by molar-refractivity contribution is 7.89. The number of amides is 1. The summed E-state index contributed by atoms with van der Waals surface area (Å²) in [4.78, 5) is 13.6. The molecule has 0 radical (unpaired) electrons. The van der Waals surface area contributed by atoms with Gasteiger partial charge >= 0.3 is 0 Å². The van der Waals surface area contributed by atoms with Crippen molar-refractivity contribution in [2.45, 2.75) is 4.90 Å². The van der Waals surface area contributed by atoms with E-state index in [0.717, 1.165) is 12.1 Å². The summed E-state index contributed by atoms with van der Waals surface area (Å²) in [5.74, 6) is -0.593. The summed E-state index contributed by atoms with van der Waals surface area (Å²) in [6.07, 6.45) is 0. The minimum absolute atomic E-state index is 0.152. The maximum Gasteiger partial charge on any atom is 0.266 e. The van der Waals surface area contributed by atoms with E-state index in [9.17, 15) is 17.6 Å². The molecule has 0 aliphatic carbocycles. The third kappa shape index (κ3) is 4.73. The van der Waals surface area contributed by atoms with E-state index in [4.69, 9.17) is 9.15 Å². The number of carbonyl (C=O) groups excluding carboxylic acids is 1. The van der Waals surface area contributed by atoms with Gasteiger partial charge in [-0.05, 0) is 48.5 Å². The van der Waals surface area contributed by atoms with Crippen molar-refractivity contribution in [2.75, 3.05) is 7.11 Å². The van der Waals surface area contributed by atoms with E-state index in [1.54, 1.807) is 24.3 Å². The number of hydrogen-bond donors (Lipinski definition) is 2. The van der Waals surface area contributed by atoms with Crippen LogP contribution >= 0.6 is 0 Å². The molecule has 11 heteroatoms. The van der Waals surface area contributed by atoms with Gasteiger partial charge in [0.05, 0.1) is 12.7 Å². The molecule has 1 heterocycles. The van der Waals surface area contributed by atoms with Crippen molar-refractivity contribution in [1.82, 2.24) is 20.5 Å². The zero-order valence-electron chi connectivity index (χ0n) is 17.2. The Morgan fingerprint density at radius 1 is 0.939 bits per heavy atom. The molecule has 0 fully saturated rings. The molecule has 2 N–H and O–H groups in total. The Morgan fingerprint density at radius 2 is 1.61 bits per heavy atom. The smallest absolute Gasteiger partial charge is 0.266 e. The molecule has 168 valence electrons. The van der Waals surface area contributed by atoms with E-state index in [1.165, 1.54) is 31.4 Å². The predicted octanol–water partition coefficient (Wildman–Crippen LogP) is 3.17. The Bertz CT molecular complexity index is 1400. The van der Waals surface area contributed by atoms with Gasteiger partial charge in [0.1, 0.15) is 16.5 Å². The van der Waals surface area contributed by atoms with Crippen LogP contribution in [0, 0.1) is 5.82 Å². The zero-order valence-corrected chi connectivity index (χ0v) is 18.0. The van der Waals surface area contributed by atoms with Crippen LogP contribution in [0.1, 0.15) is 10.4 Å². The van der Waals surface area contributed by atoms with E-state index >= 15 is 0 Å². The highest BCUT2D eigenvalue weighted by Gasteiger charge is 2.20. The predicted molar refractivity (Wildman–Crippen MR) is 116 cm³/mol. The van der Waals surface area contributed by atoms with E-state index < -0.39 is 26.6 Å². The average Bonchev–Trinajstić information content (AvgIpc) is 3.33. The maximum atomic E-state index is 13.7. The van der Waals surface area contributed by atoms with Crippen molar-refractivity contribution in [3.05, 3.63) is 84.2 Å². The largest absolute Gasteiger partial charge is 0.496 e. The highest BCUT2D eigenvalue weighted by Crippen LogP contribution is 2.30. The lowest BCUT2D eigenvalue weighted by Crippen LogP contribution is -2.41. The molecule has 9 nitrogen and oxygen atoms in total. The van der Waals surface area contributed by atoms with Crippen LogP contribution < -0.4 is 15.0 Å². The first-order valence-electron chi connectivity index (χ1n) is 9.53. The number of aromatic nitrogens is 2. The van der Waals surface area contributed by atoms with Crippen LogP contribution in [0.2, 0.25) is 0 Å². The summed E-state index contributed by atoms with van der Waals surface area (Å²) in [6, 6.07) is 18.1. The summed E-state index contributed by atoms with van der Waals surface area (Å²) >= 11 is 0. The summed E-state index contributed by atoms with van der Waals surface area (Å²) in [6.45, 7) is 0. The molecule has 0 aliphatic rings. The van der Waals surface area contributed by atoms with Gasteiger partial charge in [-0.2, -0.15) is 0 Å². The lowest BCUT2D eigenvalue weighted by Gasteiger charge is -2.09. The van der Waals surface area contributed by atoms with Crippen LogP contribution in [0.25, 0.3) is 22.9 Å². The number of nitrogens with one attached hydrogen (secondary N) is 2. The molecule has 4 rings (SSSR count). The van der Waals surface area contributed by atoms with E-state index in [0.29, 0.717) is 16.9 Å². The number of para-hydroxylation sites is 1. The molecular formula is C22H17FN4O5S. The van der Waals surface area contributed by atoms with Gasteiger partial charge in [0, 0.05) is 11.1 Å². The number of rotatable bonds is 7. The number of ether oxygens (including phenoxy) is 1. The number of halogens is 1. The molecule has 0 aliphatic heterocycles. The van der Waals surface area contributed by atoms with Crippen LogP contribution in [-0.2, 0) is 10.0 Å². The monoisotopic (exact) mass is 468 g/mol. The molecule has 1 amide bonds. The minimum atomic E-state index is -4.28. The van der Waals surface area contributed by atoms with Gasteiger partial charge in [-0.3, -0.25) is 10.2 Å². The summed E-state index contributed by atoms with van der Waals surface area (Å²) in [5.41, 5.74) is 3.39. The Labute approximate surface area is 188 Å². The number of hydrogen-bond acceptors (Lipinski definition) is 7.